The minimum Gasteiger partial charge on any atom is -0.461 e. The summed E-state index contributed by atoms with van der Waals surface area (Å²) in [4.78, 5) is 12.6. The maximum atomic E-state index is 12.6. The van der Waals surface area contributed by atoms with Crippen molar-refractivity contribution in [2.45, 2.75) is 49.5 Å². The van der Waals surface area contributed by atoms with Gasteiger partial charge in [0.15, 0.2) is 0 Å². The Bertz CT molecular complexity index is 655. The summed E-state index contributed by atoms with van der Waals surface area (Å²) in [6.45, 7) is 0.298. The molecule has 2 N–H and O–H groups in total. The number of likely N-dealkylation sites (N-methyl/N-ethyl adjacent to an activating group) is 1. The Morgan fingerprint density at radius 1 is 1.36 bits per heavy atom. The molecule has 2 heterocycles. The van der Waals surface area contributed by atoms with E-state index < -0.39 is 18.0 Å². The molecule has 2 bridgehead atoms. The number of nitrogens with zero attached hydrogens (tertiary/aromatic N) is 1. The Hall–Kier alpha value is -1.87. The van der Waals surface area contributed by atoms with Crippen LogP contribution in [0.15, 0.2) is 30.3 Å². The Morgan fingerprint density at radius 2 is 2.08 bits per heavy atom. The predicted molar refractivity (Wildman–Crippen MR) is 93.5 cm³/mol. The Labute approximate surface area is 148 Å². The first-order chi connectivity index (χ1) is 12.0. The van der Waals surface area contributed by atoms with Crippen LogP contribution in [-0.4, -0.2) is 65.2 Å². The summed E-state index contributed by atoms with van der Waals surface area (Å²) in [5.74, 6) is 1.65. The SMILES string of the molecule is C#CC[N@+]1(C)[C@@H]2C[C@H](OC(=O)[C@H](CO)c3ccccc3)C[C@H]1[C@H](O)C2. The highest BCUT2D eigenvalue weighted by Crippen LogP contribution is 2.42. The zero-order valence-corrected chi connectivity index (χ0v) is 14.5. The van der Waals surface area contributed by atoms with Gasteiger partial charge >= 0.3 is 5.97 Å². The standard InChI is InChI=1S/C20H26NO4/c1-3-9-21(2)15-10-16(12-18(21)19(23)11-15)25-20(24)17(13-22)14-7-5-4-6-8-14/h1,4-8,15-19,22-23H,9-13H2,2H3/q+1/t15-,16+,17-,18+,19-,21-/m1/s1. The van der Waals surface area contributed by atoms with Crippen molar-refractivity contribution in [3.63, 3.8) is 0 Å². The van der Waals surface area contributed by atoms with Crippen LogP contribution in [0.1, 0.15) is 30.7 Å². The van der Waals surface area contributed by atoms with E-state index in [0.29, 0.717) is 30.3 Å². The number of aliphatic hydroxyl groups excluding tert-OH is 2. The quantitative estimate of drug-likeness (QED) is 0.476. The summed E-state index contributed by atoms with van der Waals surface area (Å²) in [5.41, 5.74) is 0.752. The lowest BCUT2D eigenvalue weighted by atomic mass is 9.95. The molecule has 0 spiro atoms. The zero-order valence-electron chi connectivity index (χ0n) is 14.5. The van der Waals surface area contributed by atoms with Crippen molar-refractivity contribution in [1.82, 2.24) is 0 Å². The van der Waals surface area contributed by atoms with E-state index in [1.165, 1.54) is 0 Å². The minimum atomic E-state index is -0.669. The number of piperidine rings is 1. The van der Waals surface area contributed by atoms with Gasteiger partial charge in [0, 0.05) is 19.3 Å². The fourth-order valence-electron chi connectivity index (χ4n) is 4.53. The molecule has 2 aliphatic rings. The van der Waals surface area contributed by atoms with E-state index in [2.05, 4.69) is 13.0 Å². The highest BCUT2D eigenvalue weighted by atomic mass is 16.5. The first-order valence-electron chi connectivity index (χ1n) is 8.82. The molecule has 25 heavy (non-hydrogen) atoms. The molecule has 6 atom stereocenters. The number of hydrogen-bond donors (Lipinski definition) is 2. The van der Waals surface area contributed by atoms with Crippen LogP contribution in [0.4, 0.5) is 0 Å². The number of fused-ring (bicyclic) bond motifs is 2. The van der Waals surface area contributed by atoms with E-state index in [4.69, 9.17) is 11.2 Å². The summed E-state index contributed by atoms with van der Waals surface area (Å²) in [6, 6.07) is 9.38. The normalized spacial score (nSPS) is 35.0. The molecule has 1 aromatic rings. The maximum absolute atomic E-state index is 12.6. The molecule has 2 aliphatic heterocycles. The number of aliphatic hydroxyl groups is 2. The third kappa shape index (κ3) is 3.30. The fourth-order valence-corrected chi connectivity index (χ4v) is 4.53. The zero-order chi connectivity index (χ0) is 18.0. The highest BCUT2D eigenvalue weighted by Gasteiger charge is 2.56. The third-order valence-electron chi connectivity index (χ3n) is 5.97. The van der Waals surface area contributed by atoms with Crippen molar-refractivity contribution in [2.24, 2.45) is 0 Å². The van der Waals surface area contributed by atoms with Crippen LogP contribution in [0.2, 0.25) is 0 Å². The van der Waals surface area contributed by atoms with E-state index in [9.17, 15) is 15.0 Å². The second-order valence-corrected chi connectivity index (χ2v) is 7.41. The molecule has 5 heteroatoms. The van der Waals surface area contributed by atoms with E-state index in [0.717, 1.165) is 5.56 Å². The van der Waals surface area contributed by atoms with Gasteiger partial charge in [0.1, 0.15) is 30.7 Å². The number of ether oxygens (including phenoxy) is 1. The van der Waals surface area contributed by atoms with Gasteiger partial charge in [-0.2, -0.15) is 0 Å². The van der Waals surface area contributed by atoms with E-state index >= 15 is 0 Å². The molecule has 134 valence electrons. The Balaban J connectivity index is 1.69. The van der Waals surface area contributed by atoms with Gasteiger partial charge in [-0.3, -0.25) is 4.79 Å². The van der Waals surface area contributed by atoms with Crippen molar-refractivity contribution in [1.29, 1.82) is 0 Å². The first-order valence-corrected chi connectivity index (χ1v) is 8.82. The maximum Gasteiger partial charge on any atom is 0.316 e. The van der Waals surface area contributed by atoms with Crippen LogP contribution >= 0.6 is 0 Å². The van der Waals surface area contributed by atoms with Crippen LogP contribution in [0.5, 0.6) is 0 Å². The molecule has 0 unspecified atom stereocenters. The largest absolute Gasteiger partial charge is 0.461 e. The number of carbonyl (C=O) groups excluding carboxylic acids is 1. The lowest BCUT2D eigenvalue weighted by molar-refractivity contribution is -0.944. The molecule has 5 nitrogen and oxygen atoms in total. The molecule has 0 aromatic heterocycles. The van der Waals surface area contributed by atoms with Crippen molar-refractivity contribution in [3.05, 3.63) is 35.9 Å². The average molecular weight is 344 g/mol. The Kier molecular flexibility index (Phi) is 5.14. The van der Waals surface area contributed by atoms with Crippen molar-refractivity contribution in [3.8, 4) is 12.3 Å². The number of rotatable bonds is 5. The van der Waals surface area contributed by atoms with Crippen LogP contribution in [-0.2, 0) is 9.53 Å². The van der Waals surface area contributed by atoms with Gasteiger partial charge in [0.05, 0.1) is 19.7 Å². The number of hydrogen-bond acceptors (Lipinski definition) is 4. The second-order valence-electron chi connectivity index (χ2n) is 7.41. The fraction of sp³-hybridized carbons (Fsp3) is 0.550. The molecule has 0 aliphatic carbocycles. The van der Waals surface area contributed by atoms with Gasteiger partial charge in [-0.1, -0.05) is 30.3 Å². The van der Waals surface area contributed by atoms with Crippen molar-refractivity contribution >= 4 is 5.97 Å². The van der Waals surface area contributed by atoms with E-state index in [-0.39, 0.29) is 24.8 Å². The lowest BCUT2D eigenvalue weighted by Crippen LogP contribution is -2.60. The smallest absolute Gasteiger partial charge is 0.316 e. The molecule has 2 saturated heterocycles. The van der Waals surface area contributed by atoms with Gasteiger partial charge < -0.3 is 19.4 Å². The highest BCUT2D eigenvalue weighted by molar-refractivity contribution is 5.78. The molecular formula is C20H26NO4+. The molecule has 3 rings (SSSR count). The van der Waals surface area contributed by atoms with E-state index in [1.54, 1.807) is 0 Å². The number of terminal acetylenes is 1. The van der Waals surface area contributed by atoms with Gasteiger partial charge in [-0.25, -0.2) is 0 Å². The van der Waals surface area contributed by atoms with Gasteiger partial charge in [-0.15, -0.1) is 6.42 Å². The minimum absolute atomic E-state index is 0.00287. The van der Waals surface area contributed by atoms with Crippen molar-refractivity contribution < 1.29 is 24.2 Å². The van der Waals surface area contributed by atoms with Gasteiger partial charge in [-0.05, 0) is 11.5 Å². The number of esters is 1. The summed E-state index contributed by atoms with van der Waals surface area (Å²) >= 11 is 0. The van der Waals surface area contributed by atoms with E-state index in [1.807, 2.05) is 30.3 Å². The second kappa shape index (κ2) is 7.17. The lowest BCUT2D eigenvalue weighted by Gasteiger charge is -2.45. The van der Waals surface area contributed by atoms with Gasteiger partial charge in [0.25, 0.3) is 0 Å². The number of carbonyl (C=O) groups is 1. The van der Waals surface area contributed by atoms with Gasteiger partial charge in [0.2, 0.25) is 0 Å². The molecule has 2 fully saturated rings. The summed E-state index contributed by atoms with van der Waals surface area (Å²) < 4.78 is 6.39. The molecule has 0 amide bonds. The summed E-state index contributed by atoms with van der Waals surface area (Å²) in [7, 11) is 2.09. The number of benzene rings is 1. The Morgan fingerprint density at radius 3 is 2.68 bits per heavy atom. The molecule has 1 aromatic carbocycles. The average Bonchev–Trinajstić information content (AvgIpc) is 2.72. The van der Waals surface area contributed by atoms with Crippen LogP contribution in [0, 0.1) is 12.3 Å². The monoisotopic (exact) mass is 344 g/mol. The predicted octanol–water partition coefficient (Wildman–Crippen LogP) is 1.05. The topological polar surface area (TPSA) is 66.8 Å². The van der Waals surface area contributed by atoms with Crippen molar-refractivity contribution in [2.75, 3.05) is 20.2 Å². The summed E-state index contributed by atoms with van der Waals surface area (Å²) in [5, 5.41) is 20.0. The van der Waals surface area contributed by atoms with Crippen LogP contribution in [0.3, 0.4) is 0 Å². The summed E-state index contributed by atoms with van der Waals surface area (Å²) in [6.07, 6.45) is 6.87. The molecular weight excluding hydrogens is 318 g/mol. The first kappa shape index (κ1) is 17.9. The van der Waals surface area contributed by atoms with Crippen LogP contribution < -0.4 is 0 Å². The third-order valence-corrected chi connectivity index (χ3v) is 5.97. The van der Waals surface area contributed by atoms with Crippen LogP contribution in [0.25, 0.3) is 0 Å². The molecule has 0 radical (unpaired) electrons. The number of quaternary nitrogens is 1. The molecule has 0 saturated carbocycles.